The Bertz CT molecular complexity index is 1190. The third kappa shape index (κ3) is 6.37. The van der Waals surface area contributed by atoms with E-state index in [0.29, 0.717) is 50.5 Å². The number of carbonyl (C=O) groups excluding carboxylic acids is 1. The molecule has 1 heterocycles. The van der Waals surface area contributed by atoms with Crippen molar-refractivity contribution in [2.75, 3.05) is 25.3 Å². The summed E-state index contributed by atoms with van der Waals surface area (Å²) in [6, 6.07) is 8.74. The van der Waals surface area contributed by atoms with Gasteiger partial charge in [-0.2, -0.15) is 0 Å². The SMILES string of the molecule is C=CCn1c(COc2cc(C)ccc2Cl)nnc1SCC(=O)Nc1cc(OC)c(Cl)cc1OC. The van der Waals surface area contributed by atoms with Gasteiger partial charge in [0.1, 0.15) is 23.9 Å². The summed E-state index contributed by atoms with van der Waals surface area (Å²) < 4.78 is 18.2. The summed E-state index contributed by atoms with van der Waals surface area (Å²) in [5.74, 6) is 1.83. The highest BCUT2D eigenvalue weighted by Crippen LogP contribution is 2.36. The molecule has 1 aromatic heterocycles. The standard InChI is InChI=1S/C23H24Cl2N4O4S/c1-5-8-29-21(12-33-19-9-14(2)6-7-15(19)24)27-28-23(29)34-13-22(30)26-17-11-18(31-3)16(25)10-20(17)32-4/h5-7,9-11H,1,8,12-13H2,2-4H3,(H,26,30). The molecule has 0 spiro atoms. The van der Waals surface area contributed by atoms with Gasteiger partial charge >= 0.3 is 0 Å². The van der Waals surface area contributed by atoms with Gasteiger partial charge in [-0.1, -0.05) is 47.1 Å². The van der Waals surface area contributed by atoms with Crippen LogP contribution in [0.4, 0.5) is 5.69 Å². The maximum absolute atomic E-state index is 12.6. The van der Waals surface area contributed by atoms with E-state index in [4.69, 9.17) is 37.4 Å². The lowest BCUT2D eigenvalue weighted by molar-refractivity contribution is -0.113. The molecule has 0 aliphatic carbocycles. The molecule has 0 saturated carbocycles. The molecule has 0 fully saturated rings. The van der Waals surface area contributed by atoms with Crippen molar-refractivity contribution < 1.29 is 19.0 Å². The monoisotopic (exact) mass is 522 g/mol. The van der Waals surface area contributed by atoms with E-state index in [1.807, 2.05) is 23.6 Å². The summed E-state index contributed by atoms with van der Waals surface area (Å²) in [5.41, 5.74) is 1.48. The first-order valence-electron chi connectivity index (χ1n) is 10.1. The fourth-order valence-electron chi connectivity index (χ4n) is 2.98. The van der Waals surface area contributed by atoms with Crippen LogP contribution < -0.4 is 19.5 Å². The number of nitrogens with one attached hydrogen (secondary N) is 1. The van der Waals surface area contributed by atoms with Crippen LogP contribution in [0.5, 0.6) is 17.2 Å². The number of thioether (sulfide) groups is 1. The van der Waals surface area contributed by atoms with Crippen molar-refractivity contribution in [3.8, 4) is 17.2 Å². The number of amides is 1. The van der Waals surface area contributed by atoms with E-state index >= 15 is 0 Å². The molecule has 0 aliphatic rings. The highest BCUT2D eigenvalue weighted by Gasteiger charge is 2.17. The number of aromatic nitrogens is 3. The average Bonchev–Trinajstić information content (AvgIpc) is 3.20. The molecule has 34 heavy (non-hydrogen) atoms. The number of allylic oxidation sites excluding steroid dienone is 1. The second-order valence-electron chi connectivity index (χ2n) is 7.04. The average molecular weight is 523 g/mol. The van der Waals surface area contributed by atoms with Gasteiger partial charge in [0.05, 0.1) is 35.7 Å². The van der Waals surface area contributed by atoms with Gasteiger partial charge in [-0.25, -0.2) is 0 Å². The van der Waals surface area contributed by atoms with Crippen molar-refractivity contribution in [3.05, 3.63) is 64.4 Å². The number of hydrogen-bond donors (Lipinski definition) is 1. The second-order valence-corrected chi connectivity index (χ2v) is 8.80. The van der Waals surface area contributed by atoms with Gasteiger partial charge in [-0.05, 0) is 24.6 Å². The number of aryl methyl sites for hydroxylation is 1. The largest absolute Gasteiger partial charge is 0.495 e. The Hall–Kier alpha value is -2.88. The van der Waals surface area contributed by atoms with Crippen LogP contribution in [0.1, 0.15) is 11.4 Å². The fourth-order valence-corrected chi connectivity index (χ4v) is 4.15. The van der Waals surface area contributed by atoms with Crippen LogP contribution in [0.15, 0.2) is 48.1 Å². The van der Waals surface area contributed by atoms with Crippen molar-refractivity contribution in [2.24, 2.45) is 0 Å². The summed E-state index contributed by atoms with van der Waals surface area (Å²) >= 11 is 13.6. The number of carbonyl (C=O) groups is 1. The van der Waals surface area contributed by atoms with Crippen molar-refractivity contribution in [1.82, 2.24) is 14.8 Å². The van der Waals surface area contributed by atoms with Crippen LogP contribution >= 0.6 is 35.0 Å². The molecular weight excluding hydrogens is 499 g/mol. The van der Waals surface area contributed by atoms with E-state index in [1.165, 1.54) is 26.0 Å². The lowest BCUT2D eigenvalue weighted by Gasteiger charge is -2.13. The third-order valence-corrected chi connectivity index (χ3v) is 6.20. The Morgan fingerprint density at radius 3 is 2.59 bits per heavy atom. The van der Waals surface area contributed by atoms with Crippen LogP contribution in [-0.2, 0) is 17.9 Å². The molecule has 1 amide bonds. The molecule has 3 aromatic rings. The smallest absolute Gasteiger partial charge is 0.234 e. The van der Waals surface area contributed by atoms with Gasteiger partial charge in [0.2, 0.25) is 5.91 Å². The summed E-state index contributed by atoms with van der Waals surface area (Å²) in [5, 5.41) is 12.7. The van der Waals surface area contributed by atoms with Gasteiger partial charge in [0.25, 0.3) is 0 Å². The van der Waals surface area contributed by atoms with E-state index in [2.05, 4.69) is 22.1 Å². The maximum atomic E-state index is 12.6. The molecule has 0 bridgehead atoms. The highest BCUT2D eigenvalue weighted by atomic mass is 35.5. The Morgan fingerprint density at radius 1 is 1.12 bits per heavy atom. The number of anilines is 1. The Balaban J connectivity index is 1.68. The minimum atomic E-state index is -0.259. The quantitative estimate of drug-likeness (QED) is 0.266. The van der Waals surface area contributed by atoms with Crippen LogP contribution in [0, 0.1) is 6.92 Å². The van der Waals surface area contributed by atoms with Crippen LogP contribution in [0.25, 0.3) is 0 Å². The molecule has 0 atom stereocenters. The van der Waals surface area contributed by atoms with Crippen molar-refractivity contribution >= 4 is 46.6 Å². The maximum Gasteiger partial charge on any atom is 0.234 e. The normalized spacial score (nSPS) is 10.6. The Labute approximate surface area is 212 Å². The summed E-state index contributed by atoms with van der Waals surface area (Å²) in [6.07, 6.45) is 1.72. The zero-order chi connectivity index (χ0) is 24.7. The van der Waals surface area contributed by atoms with E-state index in [-0.39, 0.29) is 18.3 Å². The van der Waals surface area contributed by atoms with Crippen LogP contribution in [0.3, 0.4) is 0 Å². The number of methoxy groups -OCH3 is 2. The molecule has 0 radical (unpaired) electrons. The third-order valence-electron chi connectivity index (χ3n) is 4.63. The van der Waals surface area contributed by atoms with Crippen molar-refractivity contribution in [2.45, 2.75) is 25.2 Å². The molecule has 2 aromatic carbocycles. The summed E-state index contributed by atoms with van der Waals surface area (Å²) in [4.78, 5) is 12.6. The van der Waals surface area contributed by atoms with E-state index in [1.54, 1.807) is 24.3 Å². The lowest BCUT2D eigenvalue weighted by Crippen LogP contribution is -2.15. The Kier molecular flexibility index (Phi) is 9.09. The van der Waals surface area contributed by atoms with E-state index in [0.717, 1.165) is 5.56 Å². The van der Waals surface area contributed by atoms with Crippen molar-refractivity contribution in [3.63, 3.8) is 0 Å². The number of hydrogen-bond acceptors (Lipinski definition) is 7. The molecular formula is C23H24Cl2N4O4S. The number of benzene rings is 2. The highest BCUT2D eigenvalue weighted by molar-refractivity contribution is 7.99. The molecule has 3 rings (SSSR count). The van der Waals surface area contributed by atoms with Gasteiger partial charge in [-0.15, -0.1) is 16.8 Å². The van der Waals surface area contributed by atoms with Gasteiger partial charge in [-0.3, -0.25) is 9.36 Å². The first-order chi connectivity index (χ1) is 16.4. The summed E-state index contributed by atoms with van der Waals surface area (Å²) in [7, 11) is 2.99. The molecule has 8 nitrogen and oxygen atoms in total. The topological polar surface area (TPSA) is 87.5 Å². The summed E-state index contributed by atoms with van der Waals surface area (Å²) in [6.45, 7) is 6.37. The molecule has 0 saturated heterocycles. The zero-order valence-corrected chi connectivity index (χ0v) is 21.3. The minimum Gasteiger partial charge on any atom is -0.495 e. The first kappa shape index (κ1) is 25.7. The van der Waals surface area contributed by atoms with Crippen LogP contribution in [-0.4, -0.2) is 40.6 Å². The zero-order valence-electron chi connectivity index (χ0n) is 18.9. The minimum absolute atomic E-state index is 0.0912. The van der Waals surface area contributed by atoms with E-state index < -0.39 is 0 Å². The molecule has 0 aliphatic heterocycles. The number of halogens is 2. The molecule has 11 heteroatoms. The predicted octanol–water partition coefficient (Wildman–Crippen LogP) is 5.41. The second kappa shape index (κ2) is 12.0. The molecule has 1 N–H and O–H groups in total. The Morgan fingerprint density at radius 2 is 1.88 bits per heavy atom. The van der Waals surface area contributed by atoms with Gasteiger partial charge < -0.3 is 19.5 Å². The molecule has 180 valence electrons. The van der Waals surface area contributed by atoms with Gasteiger partial charge in [0, 0.05) is 18.7 Å². The fraction of sp³-hybridized carbons (Fsp3) is 0.261. The predicted molar refractivity (Wildman–Crippen MR) is 135 cm³/mol. The van der Waals surface area contributed by atoms with Crippen molar-refractivity contribution in [1.29, 1.82) is 0 Å². The van der Waals surface area contributed by atoms with Gasteiger partial charge in [0.15, 0.2) is 11.0 Å². The van der Waals surface area contributed by atoms with E-state index in [9.17, 15) is 4.79 Å². The number of ether oxygens (including phenoxy) is 3. The number of nitrogens with zero attached hydrogens (tertiary/aromatic N) is 3. The molecule has 0 unspecified atom stereocenters. The lowest BCUT2D eigenvalue weighted by atomic mass is 10.2. The van der Waals surface area contributed by atoms with Crippen LogP contribution in [0.2, 0.25) is 10.0 Å². The number of rotatable bonds is 11. The first-order valence-corrected chi connectivity index (χ1v) is 11.9.